The van der Waals surface area contributed by atoms with Gasteiger partial charge < -0.3 is 9.47 Å². The van der Waals surface area contributed by atoms with Gasteiger partial charge in [-0.1, -0.05) is 18.5 Å². The number of carbonyl (C=O) groups is 1. The maximum atomic E-state index is 13.6. The van der Waals surface area contributed by atoms with E-state index in [9.17, 15) is 17.6 Å². The van der Waals surface area contributed by atoms with E-state index in [1.807, 2.05) is 6.92 Å². The van der Waals surface area contributed by atoms with Crippen LogP contribution >= 0.6 is 11.6 Å². The van der Waals surface area contributed by atoms with Crippen molar-refractivity contribution in [3.63, 3.8) is 0 Å². The molecule has 0 unspecified atom stereocenters. The van der Waals surface area contributed by atoms with Crippen molar-refractivity contribution in [1.29, 1.82) is 0 Å². The predicted molar refractivity (Wildman–Crippen MR) is 74.2 cm³/mol. The quantitative estimate of drug-likeness (QED) is 0.602. The van der Waals surface area contributed by atoms with Gasteiger partial charge >= 0.3 is 5.97 Å². The van der Waals surface area contributed by atoms with Crippen LogP contribution in [0.2, 0.25) is 5.02 Å². The van der Waals surface area contributed by atoms with Crippen molar-refractivity contribution in [3.05, 3.63) is 28.5 Å². The number of hydrogen-bond acceptors (Lipinski definition) is 5. The van der Waals surface area contributed by atoms with E-state index in [0.717, 1.165) is 12.5 Å². The molecule has 1 rings (SSSR count). The fourth-order valence-electron chi connectivity index (χ4n) is 1.42. The van der Waals surface area contributed by atoms with Crippen LogP contribution in [0.1, 0.15) is 23.7 Å². The number of hydrogen-bond donors (Lipinski definition) is 1. The first-order valence-electron chi connectivity index (χ1n) is 6.04. The lowest BCUT2D eigenvalue weighted by Gasteiger charge is -2.08. The average Bonchev–Trinajstić information content (AvgIpc) is 2.36. The molecule has 0 bridgehead atoms. The summed E-state index contributed by atoms with van der Waals surface area (Å²) in [6, 6.07) is 1.45. The summed E-state index contributed by atoms with van der Waals surface area (Å²) >= 11 is 5.58. The molecular formula is C12H15ClFNO5S. The molecule has 118 valence electrons. The molecule has 6 nitrogen and oxygen atoms in total. The summed E-state index contributed by atoms with van der Waals surface area (Å²) in [7, 11) is -4.17. The molecule has 1 aromatic carbocycles. The second kappa shape index (κ2) is 7.69. The fraction of sp³-hybridized carbons (Fsp3) is 0.417. The largest absolute Gasteiger partial charge is 0.460 e. The lowest BCUT2D eigenvalue weighted by molar-refractivity contribution is 0.0314. The molecule has 0 aliphatic rings. The molecule has 2 N–H and O–H groups in total. The Hall–Kier alpha value is -1.22. The molecule has 0 heterocycles. The smallest absolute Gasteiger partial charge is 0.341 e. The number of carbonyl (C=O) groups excluding carboxylic acids is 1. The van der Waals surface area contributed by atoms with Crippen LogP contribution < -0.4 is 5.14 Å². The van der Waals surface area contributed by atoms with E-state index in [4.69, 9.17) is 26.2 Å². The second-order valence-electron chi connectivity index (χ2n) is 4.06. The Morgan fingerprint density at radius 2 is 2.00 bits per heavy atom. The van der Waals surface area contributed by atoms with Gasteiger partial charge in [-0.15, -0.1) is 0 Å². The first-order valence-corrected chi connectivity index (χ1v) is 7.96. The van der Waals surface area contributed by atoms with E-state index in [1.165, 1.54) is 0 Å². The van der Waals surface area contributed by atoms with Gasteiger partial charge in [0.1, 0.15) is 17.3 Å². The van der Waals surface area contributed by atoms with E-state index in [0.29, 0.717) is 12.7 Å². The number of esters is 1. The normalized spacial score (nSPS) is 11.4. The number of benzene rings is 1. The summed E-state index contributed by atoms with van der Waals surface area (Å²) in [5.74, 6) is -2.01. The van der Waals surface area contributed by atoms with Gasteiger partial charge in [-0.05, 0) is 18.6 Å². The van der Waals surface area contributed by atoms with Gasteiger partial charge in [0.2, 0.25) is 10.0 Å². The number of nitrogens with two attached hydrogens (primary N) is 1. The standard InChI is InChI=1S/C12H15ClFNO5S/c1-2-3-19-4-5-20-12(16)8-6-11(21(15,17)18)9(13)7-10(8)14/h6-7H,2-5H2,1H3,(H2,15,17,18). The van der Waals surface area contributed by atoms with Crippen molar-refractivity contribution < 1.29 is 27.1 Å². The van der Waals surface area contributed by atoms with Gasteiger partial charge in [0.05, 0.1) is 17.2 Å². The minimum atomic E-state index is -4.17. The maximum absolute atomic E-state index is 13.6. The van der Waals surface area contributed by atoms with Crippen molar-refractivity contribution >= 4 is 27.6 Å². The van der Waals surface area contributed by atoms with E-state index >= 15 is 0 Å². The van der Waals surface area contributed by atoms with Crippen molar-refractivity contribution in [2.75, 3.05) is 19.8 Å². The van der Waals surface area contributed by atoms with E-state index < -0.39 is 37.3 Å². The molecular weight excluding hydrogens is 325 g/mol. The summed E-state index contributed by atoms with van der Waals surface area (Å²) in [6.45, 7) is 2.52. The molecule has 0 fully saturated rings. The Morgan fingerprint density at radius 1 is 1.33 bits per heavy atom. The van der Waals surface area contributed by atoms with Gasteiger partial charge in [0.15, 0.2) is 0 Å². The second-order valence-corrected chi connectivity index (χ2v) is 5.99. The van der Waals surface area contributed by atoms with Crippen LogP contribution in [0.15, 0.2) is 17.0 Å². The average molecular weight is 340 g/mol. The van der Waals surface area contributed by atoms with Gasteiger partial charge in [-0.3, -0.25) is 0 Å². The third-order valence-corrected chi connectivity index (χ3v) is 3.73. The van der Waals surface area contributed by atoms with Crippen LogP contribution in [0.4, 0.5) is 4.39 Å². The highest BCUT2D eigenvalue weighted by atomic mass is 35.5. The summed E-state index contributed by atoms with van der Waals surface area (Å²) in [6.07, 6.45) is 0.817. The zero-order valence-electron chi connectivity index (χ0n) is 11.3. The van der Waals surface area contributed by atoms with E-state index in [-0.39, 0.29) is 13.2 Å². The molecule has 21 heavy (non-hydrogen) atoms. The molecule has 9 heteroatoms. The van der Waals surface area contributed by atoms with Crippen LogP contribution in [-0.4, -0.2) is 34.2 Å². The van der Waals surface area contributed by atoms with E-state index in [2.05, 4.69) is 0 Å². The molecule has 0 radical (unpaired) electrons. The lowest BCUT2D eigenvalue weighted by Crippen LogP contribution is -2.16. The predicted octanol–water partition coefficient (Wildman–Crippen LogP) is 1.71. The van der Waals surface area contributed by atoms with Crippen LogP contribution in [-0.2, 0) is 19.5 Å². The lowest BCUT2D eigenvalue weighted by atomic mass is 10.2. The number of primary sulfonamides is 1. The van der Waals surface area contributed by atoms with Gasteiger partial charge in [0.25, 0.3) is 0 Å². The van der Waals surface area contributed by atoms with Crippen molar-refractivity contribution in [1.82, 2.24) is 0 Å². The molecule has 0 aliphatic carbocycles. The zero-order chi connectivity index (χ0) is 16.0. The zero-order valence-corrected chi connectivity index (χ0v) is 12.8. The molecule has 0 atom stereocenters. The molecule has 0 amide bonds. The van der Waals surface area contributed by atoms with Crippen LogP contribution in [0, 0.1) is 5.82 Å². The fourth-order valence-corrected chi connectivity index (χ4v) is 2.51. The Morgan fingerprint density at radius 3 is 2.57 bits per heavy atom. The number of halogens is 2. The minimum absolute atomic E-state index is 0.0778. The molecule has 0 saturated heterocycles. The topological polar surface area (TPSA) is 95.7 Å². The molecule has 0 aromatic heterocycles. The molecule has 0 spiro atoms. The van der Waals surface area contributed by atoms with Crippen molar-refractivity contribution in [3.8, 4) is 0 Å². The molecule has 0 saturated carbocycles. The van der Waals surface area contributed by atoms with Crippen molar-refractivity contribution in [2.24, 2.45) is 5.14 Å². The highest BCUT2D eigenvalue weighted by Crippen LogP contribution is 2.24. The third-order valence-electron chi connectivity index (χ3n) is 2.36. The summed E-state index contributed by atoms with van der Waals surface area (Å²) in [5.41, 5.74) is -0.557. The van der Waals surface area contributed by atoms with Gasteiger partial charge in [0, 0.05) is 6.61 Å². The summed E-state index contributed by atoms with van der Waals surface area (Å²) in [5, 5.41) is 4.52. The summed E-state index contributed by atoms with van der Waals surface area (Å²) < 4.78 is 46.1. The Balaban J connectivity index is 2.85. The minimum Gasteiger partial charge on any atom is -0.460 e. The van der Waals surface area contributed by atoms with Gasteiger partial charge in [-0.25, -0.2) is 22.7 Å². The number of sulfonamides is 1. The first-order chi connectivity index (χ1) is 9.77. The third kappa shape index (κ3) is 5.24. The first kappa shape index (κ1) is 17.8. The van der Waals surface area contributed by atoms with Crippen molar-refractivity contribution in [2.45, 2.75) is 18.2 Å². The van der Waals surface area contributed by atoms with Gasteiger partial charge in [-0.2, -0.15) is 0 Å². The van der Waals surface area contributed by atoms with E-state index in [1.54, 1.807) is 0 Å². The Bertz CT molecular complexity index is 620. The van der Waals surface area contributed by atoms with Crippen LogP contribution in [0.3, 0.4) is 0 Å². The highest BCUT2D eigenvalue weighted by molar-refractivity contribution is 7.89. The maximum Gasteiger partial charge on any atom is 0.341 e. The SMILES string of the molecule is CCCOCCOC(=O)c1cc(S(N)(=O)=O)c(Cl)cc1F. The number of ether oxygens (including phenoxy) is 2. The van der Waals surface area contributed by atoms with Crippen LogP contribution in [0.5, 0.6) is 0 Å². The van der Waals surface area contributed by atoms with Crippen LogP contribution in [0.25, 0.3) is 0 Å². The summed E-state index contributed by atoms with van der Waals surface area (Å²) in [4.78, 5) is 11.2. The monoisotopic (exact) mass is 339 g/mol. The Kier molecular flexibility index (Phi) is 6.53. The molecule has 0 aliphatic heterocycles. The molecule has 1 aromatic rings. The number of rotatable bonds is 7. The highest BCUT2D eigenvalue weighted by Gasteiger charge is 2.21. The Labute approximate surface area is 127 Å².